The van der Waals surface area contributed by atoms with Crippen LogP contribution in [-0.2, 0) is 18.6 Å². The van der Waals surface area contributed by atoms with Crippen molar-refractivity contribution in [2.75, 3.05) is 14.2 Å². The predicted molar refractivity (Wildman–Crippen MR) is 69.6 cm³/mol. The zero-order valence-corrected chi connectivity index (χ0v) is 13.1. The second-order valence-corrected chi connectivity index (χ2v) is 9.52. The quantitative estimate of drug-likeness (QED) is 0.577. The maximum Gasteiger partial charge on any atom is 0.312 e. The average Bonchev–Trinajstić information content (AvgIpc) is 2.23. The van der Waals surface area contributed by atoms with Crippen LogP contribution < -0.4 is 0 Å². The summed E-state index contributed by atoms with van der Waals surface area (Å²) >= 11 is 0. The summed E-state index contributed by atoms with van der Waals surface area (Å²) in [6.07, 6.45) is 0. The number of carbonyl (C=O) groups is 1. The zero-order valence-electron chi connectivity index (χ0n) is 12.2. The molecule has 0 bridgehead atoms. The molecule has 0 aliphatic rings. The van der Waals surface area contributed by atoms with Crippen molar-refractivity contribution < 1.29 is 18.6 Å². The smallest absolute Gasteiger partial charge is 0.312 e. The highest BCUT2D eigenvalue weighted by Crippen LogP contribution is 2.65. The number of esters is 1. The van der Waals surface area contributed by atoms with E-state index in [4.69, 9.17) is 9.26 Å². The molecule has 0 aliphatic heterocycles. The lowest BCUT2D eigenvalue weighted by Crippen LogP contribution is -2.40. The van der Waals surface area contributed by atoms with Crippen LogP contribution in [0.2, 0.25) is 0 Å². The Balaban J connectivity index is 5.49. The Morgan fingerprint density at radius 3 is 1.76 bits per heavy atom. The summed E-state index contributed by atoms with van der Waals surface area (Å²) in [4.78, 5) is 11.8. The van der Waals surface area contributed by atoms with Gasteiger partial charge in [0.2, 0.25) is 7.37 Å². The van der Waals surface area contributed by atoms with Crippen LogP contribution in [0.4, 0.5) is 0 Å². The van der Waals surface area contributed by atoms with Gasteiger partial charge in [0.15, 0.2) is 0 Å². The monoisotopic (exact) mass is 264 g/mol. The van der Waals surface area contributed by atoms with Crippen LogP contribution in [0.15, 0.2) is 0 Å². The molecule has 2 atom stereocenters. The highest BCUT2D eigenvalue weighted by molar-refractivity contribution is 7.61. The fraction of sp³-hybridized carbons (Fsp3) is 0.917. The van der Waals surface area contributed by atoms with Crippen LogP contribution >= 0.6 is 7.37 Å². The molecule has 0 saturated heterocycles. The van der Waals surface area contributed by atoms with E-state index in [1.807, 2.05) is 20.8 Å². The van der Waals surface area contributed by atoms with Crippen molar-refractivity contribution in [3.05, 3.63) is 0 Å². The molecule has 5 heteroatoms. The summed E-state index contributed by atoms with van der Waals surface area (Å²) in [5.41, 5.74) is -1.25. The molecule has 0 aromatic carbocycles. The lowest BCUT2D eigenvalue weighted by molar-refractivity contribution is -0.150. The first-order valence-electron chi connectivity index (χ1n) is 5.69. The number of hydrogen-bond acceptors (Lipinski definition) is 4. The molecule has 4 nitrogen and oxygen atoms in total. The summed E-state index contributed by atoms with van der Waals surface area (Å²) < 4.78 is 23.0. The standard InChI is InChI=1S/C12H25O4P/c1-9(12(5,6)10(13)15-7)17(14,16-8)11(2,3)4/h9H,1-8H3. The zero-order chi connectivity index (χ0) is 14.1. The highest BCUT2D eigenvalue weighted by atomic mass is 31.2. The summed E-state index contributed by atoms with van der Waals surface area (Å²) in [5, 5.41) is -0.507. The Hall–Kier alpha value is -0.340. The Morgan fingerprint density at radius 1 is 1.12 bits per heavy atom. The van der Waals surface area contributed by atoms with E-state index in [9.17, 15) is 9.36 Å². The minimum Gasteiger partial charge on any atom is -0.469 e. The van der Waals surface area contributed by atoms with Gasteiger partial charge >= 0.3 is 5.97 Å². The van der Waals surface area contributed by atoms with E-state index < -0.39 is 23.6 Å². The van der Waals surface area contributed by atoms with Gasteiger partial charge < -0.3 is 9.26 Å². The van der Waals surface area contributed by atoms with Gasteiger partial charge in [0.25, 0.3) is 0 Å². The van der Waals surface area contributed by atoms with E-state index in [1.54, 1.807) is 20.8 Å². The summed E-state index contributed by atoms with van der Waals surface area (Å²) in [6, 6.07) is 0. The van der Waals surface area contributed by atoms with Crippen molar-refractivity contribution in [3.8, 4) is 0 Å². The molecule has 0 heterocycles. The number of hydrogen-bond donors (Lipinski definition) is 0. The molecule has 0 saturated carbocycles. The third kappa shape index (κ3) is 2.92. The first kappa shape index (κ1) is 16.7. The Bertz CT molecular complexity index is 328. The Labute approximate surface area is 105 Å². The molecule has 0 aromatic rings. The van der Waals surface area contributed by atoms with Gasteiger partial charge in [0.1, 0.15) is 0 Å². The highest BCUT2D eigenvalue weighted by Gasteiger charge is 2.51. The van der Waals surface area contributed by atoms with Gasteiger partial charge in [-0.05, 0) is 13.8 Å². The van der Waals surface area contributed by atoms with Crippen molar-refractivity contribution in [1.82, 2.24) is 0 Å². The molecule has 0 amide bonds. The van der Waals surface area contributed by atoms with Gasteiger partial charge in [-0.2, -0.15) is 0 Å². The van der Waals surface area contributed by atoms with E-state index in [1.165, 1.54) is 14.2 Å². The lowest BCUT2D eigenvalue weighted by Gasteiger charge is -2.40. The van der Waals surface area contributed by atoms with Gasteiger partial charge in [-0.3, -0.25) is 9.36 Å². The van der Waals surface area contributed by atoms with Crippen molar-refractivity contribution in [1.29, 1.82) is 0 Å². The Morgan fingerprint density at radius 2 is 1.53 bits per heavy atom. The molecule has 17 heavy (non-hydrogen) atoms. The fourth-order valence-corrected chi connectivity index (χ4v) is 4.85. The number of carbonyl (C=O) groups excluding carboxylic acids is 1. The lowest BCUT2D eigenvalue weighted by atomic mass is 9.90. The summed E-state index contributed by atoms with van der Waals surface area (Å²) in [5.74, 6) is -0.369. The molecule has 0 spiro atoms. The third-order valence-electron chi connectivity index (χ3n) is 3.47. The van der Waals surface area contributed by atoms with E-state index in [-0.39, 0.29) is 5.97 Å². The van der Waals surface area contributed by atoms with Crippen molar-refractivity contribution >= 4 is 13.3 Å². The maximum atomic E-state index is 12.9. The SMILES string of the molecule is COC(=O)C(C)(C)C(C)P(=O)(OC)C(C)(C)C. The molecule has 0 fully saturated rings. The second kappa shape index (κ2) is 5.11. The maximum absolute atomic E-state index is 12.9. The third-order valence-corrected chi connectivity index (χ3v) is 7.55. The molecule has 102 valence electrons. The van der Waals surface area contributed by atoms with Crippen LogP contribution in [0.5, 0.6) is 0 Å². The average molecular weight is 264 g/mol. The number of rotatable bonds is 4. The number of methoxy groups -OCH3 is 1. The van der Waals surface area contributed by atoms with Crippen LogP contribution in [0, 0.1) is 5.41 Å². The van der Waals surface area contributed by atoms with Gasteiger partial charge in [-0.15, -0.1) is 0 Å². The normalized spacial score (nSPS) is 18.4. The van der Waals surface area contributed by atoms with Crippen LogP contribution in [0.3, 0.4) is 0 Å². The Kier molecular flexibility index (Phi) is 5.01. The van der Waals surface area contributed by atoms with Crippen LogP contribution in [0.1, 0.15) is 41.5 Å². The van der Waals surface area contributed by atoms with Gasteiger partial charge in [0.05, 0.1) is 12.5 Å². The van der Waals surface area contributed by atoms with E-state index in [0.29, 0.717) is 0 Å². The minimum atomic E-state index is -2.96. The van der Waals surface area contributed by atoms with Gasteiger partial charge in [-0.1, -0.05) is 27.7 Å². The van der Waals surface area contributed by atoms with Crippen molar-refractivity contribution in [3.63, 3.8) is 0 Å². The van der Waals surface area contributed by atoms with Gasteiger partial charge in [-0.25, -0.2) is 0 Å². The van der Waals surface area contributed by atoms with E-state index in [0.717, 1.165) is 0 Å². The molecule has 0 rings (SSSR count). The second-order valence-electron chi connectivity index (χ2n) is 5.84. The topological polar surface area (TPSA) is 52.6 Å². The molecule has 2 unspecified atom stereocenters. The molecule has 0 N–H and O–H groups in total. The molecule has 0 aliphatic carbocycles. The predicted octanol–water partition coefficient (Wildman–Crippen LogP) is 3.30. The van der Waals surface area contributed by atoms with Crippen molar-refractivity contribution in [2.24, 2.45) is 5.41 Å². The van der Waals surface area contributed by atoms with Crippen LogP contribution in [-0.4, -0.2) is 31.0 Å². The van der Waals surface area contributed by atoms with Crippen LogP contribution in [0.25, 0.3) is 0 Å². The fourth-order valence-electron chi connectivity index (χ4n) is 1.87. The first-order valence-corrected chi connectivity index (χ1v) is 7.38. The number of ether oxygens (including phenoxy) is 1. The van der Waals surface area contributed by atoms with E-state index >= 15 is 0 Å². The largest absolute Gasteiger partial charge is 0.469 e. The van der Waals surface area contributed by atoms with Gasteiger partial charge in [0, 0.05) is 17.9 Å². The first-order chi connectivity index (χ1) is 7.45. The molecule has 0 aromatic heterocycles. The molecular weight excluding hydrogens is 239 g/mol. The van der Waals surface area contributed by atoms with E-state index in [2.05, 4.69) is 0 Å². The molecular formula is C12H25O4P. The van der Waals surface area contributed by atoms with Crippen molar-refractivity contribution in [2.45, 2.75) is 52.4 Å². The molecule has 0 radical (unpaired) electrons. The summed E-state index contributed by atoms with van der Waals surface area (Å²) in [6.45, 7) is 10.8. The minimum absolute atomic E-state index is 0.369. The summed E-state index contributed by atoms with van der Waals surface area (Å²) in [7, 11) is -0.185.